The van der Waals surface area contributed by atoms with Gasteiger partial charge in [-0.1, -0.05) is 25.1 Å². The summed E-state index contributed by atoms with van der Waals surface area (Å²) >= 11 is 0. The minimum atomic E-state index is 0.753. The Morgan fingerprint density at radius 2 is 2.11 bits per heavy atom. The van der Waals surface area contributed by atoms with Crippen molar-refractivity contribution in [2.24, 2.45) is 0 Å². The molecule has 94 valence electrons. The van der Waals surface area contributed by atoms with Crippen LogP contribution in [0.5, 0.6) is 0 Å². The van der Waals surface area contributed by atoms with E-state index in [1.807, 2.05) is 0 Å². The minimum absolute atomic E-state index is 0.753. The van der Waals surface area contributed by atoms with Gasteiger partial charge >= 0.3 is 0 Å². The molecule has 3 rings (SSSR count). The zero-order chi connectivity index (χ0) is 12.5. The van der Waals surface area contributed by atoms with Crippen LogP contribution in [0.25, 0.3) is 10.9 Å². The number of rotatable bonds is 4. The van der Waals surface area contributed by atoms with E-state index in [2.05, 4.69) is 43.4 Å². The molecule has 1 aliphatic carbocycles. The van der Waals surface area contributed by atoms with Crippen molar-refractivity contribution in [3.05, 3.63) is 41.1 Å². The van der Waals surface area contributed by atoms with Crippen molar-refractivity contribution in [3.63, 3.8) is 0 Å². The quantitative estimate of drug-likeness (QED) is 0.886. The first kappa shape index (κ1) is 11.7. The normalized spacial score (nSPS) is 15.2. The van der Waals surface area contributed by atoms with Crippen molar-refractivity contribution in [1.29, 1.82) is 0 Å². The van der Waals surface area contributed by atoms with E-state index in [1.165, 1.54) is 34.9 Å². The standard InChI is InChI=1S/C16H20N2/c1-3-12-5-4-6-15-13(10-17-14-7-8-14)9-11(2)18-16(12)15/h4-6,9,14,17H,3,7-8,10H2,1-2H3. The van der Waals surface area contributed by atoms with Gasteiger partial charge in [-0.3, -0.25) is 4.98 Å². The van der Waals surface area contributed by atoms with Gasteiger partial charge in [-0.25, -0.2) is 0 Å². The molecule has 0 amide bonds. The molecule has 0 aliphatic heterocycles. The topological polar surface area (TPSA) is 24.9 Å². The number of pyridine rings is 1. The van der Waals surface area contributed by atoms with Gasteiger partial charge in [0.05, 0.1) is 5.52 Å². The van der Waals surface area contributed by atoms with Crippen LogP contribution in [0, 0.1) is 6.92 Å². The van der Waals surface area contributed by atoms with Crippen molar-refractivity contribution < 1.29 is 0 Å². The van der Waals surface area contributed by atoms with Crippen molar-refractivity contribution in [1.82, 2.24) is 10.3 Å². The first-order valence-corrected chi connectivity index (χ1v) is 6.89. The fraction of sp³-hybridized carbons (Fsp3) is 0.438. The van der Waals surface area contributed by atoms with Crippen LogP contribution in [-0.2, 0) is 13.0 Å². The monoisotopic (exact) mass is 240 g/mol. The van der Waals surface area contributed by atoms with Gasteiger partial charge in [-0.05, 0) is 43.4 Å². The second kappa shape index (κ2) is 4.69. The number of nitrogens with one attached hydrogen (secondary N) is 1. The van der Waals surface area contributed by atoms with Crippen molar-refractivity contribution >= 4 is 10.9 Å². The molecule has 2 heteroatoms. The Balaban J connectivity index is 2.05. The Labute approximate surface area is 108 Å². The number of fused-ring (bicyclic) bond motifs is 1. The van der Waals surface area contributed by atoms with Crippen LogP contribution >= 0.6 is 0 Å². The molecule has 0 radical (unpaired) electrons. The molecule has 1 N–H and O–H groups in total. The largest absolute Gasteiger partial charge is 0.310 e. The van der Waals surface area contributed by atoms with Gasteiger partial charge in [-0.15, -0.1) is 0 Å². The Bertz CT molecular complexity index is 571. The first-order valence-electron chi connectivity index (χ1n) is 6.89. The average Bonchev–Trinajstić information content (AvgIpc) is 3.19. The SMILES string of the molecule is CCc1cccc2c(CNC3CC3)cc(C)nc12. The number of nitrogens with zero attached hydrogens (tertiary/aromatic N) is 1. The predicted molar refractivity (Wildman–Crippen MR) is 75.7 cm³/mol. The predicted octanol–water partition coefficient (Wildman–Crippen LogP) is 3.36. The zero-order valence-corrected chi connectivity index (χ0v) is 11.2. The molecule has 0 atom stereocenters. The summed E-state index contributed by atoms with van der Waals surface area (Å²) in [6.07, 6.45) is 3.72. The smallest absolute Gasteiger partial charge is 0.0740 e. The summed E-state index contributed by atoms with van der Waals surface area (Å²) in [6.45, 7) is 5.26. The third-order valence-electron chi connectivity index (χ3n) is 3.68. The summed E-state index contributed by atoms with van der Waals surface area (Å²) in [6, 6.07) is 9.51. The summed E-state index contributed by atoms with van der Waals surface area (Å²) in [4.78, 5) is 4.72. The van der Waals surface area contributed by atoms with Crippen LogP contribution < -0.4 is 5.32 Å². The van der Waals surface area contributed by atoms with Gasteiger partial charge < -0.3 is 5.32 Å². The molecule has 1 aliphatic rings. The van der Waals surface area contributed by atoms with Gasteiger partial charge in [0.15, 0.2) is 0 Å². The molecular weight excluding hydrogens is 220 g/mol. The van der Waals surface area contributed by atoms with E-state index in [0.717, 1.165) is 24.7 Å². The van der Waals surface area contributed by atoms with Crippen LogP contribution in [0.1, 0.15) is 36.6 Å². The molecule has 2 aromatic rings. The van der Waals surface area contributed by atoms with Crippen molar-refractivity contribution in [3.8, 4) is 0 Å². The summed E-state index contributed by atoms with van der Waals surface area (Å²) in [5, 5.41) is 4.91. The van der Waals surface area contributed by atoms with Gasteiger partial charge in [0.2, 0.25) is 0 Å². The van der Waals surface area contributed by atoms with E-state index in [0.29, 0.717) is 0 Å². The van der Waals surface area contributed by atoms with Gasteiger partial charge in [0, 0.05) is 23.7 Å². The maximum absolute atomic E-state index is 4.72. The molecule has 0 unspecified atom stereocenters. The molecule has 2 nitrogen and oxygen atoms in total. The number of aromatic nitrogens is 1. The Hall–Kier alpha value is -1.41. The van der Waals surface area contributed by atoms with E-state index in [9.17, 15) is 0 Å². The van der Waals surface area contributed by atoms with Crippen LogP contribution in [0.15, 0.2) is 24.3 Å². The van der Waals surface area contributed by atoms with Crippen molar-refractivity contribution in [2.75, 3.05) is 0 Å². The maximum Gasteiger partial charge on any atom is 0.0740 e. The molecule has 1 heterocycles. The summed E-state index contributed by atoms with van der Waals surface area (Å²) in [5.74, 6) is 0. The molecule has 0 bridgehead atoms. The molecule has 18 heavy (non-hydrogen) atoms. The molecule has 0 spiro atoms. The lowest BCUT2D eigenvalue weighted by molar-refractivity contribution is 0.690. The minimum Gasteiger partial charge on any atom is -0.310 e. The lowest BCUT2D eigenvalue weighted by Crippen LogP contribution is -2.15. The number of para-hydroxylation sites is 1. The van der Waals surface area contributed by atoms with Crippen LogP contribution in [-0.4, -0.2) is 11.0 Å². The number of aryl methyl sites for hydroxylation is 2. The maximum atomic E-state index is 4.72. The Morgan fingerprint density at radius 1 is 1.28 bits per heavy atom. The van der Waals surface area contributed by atoms with Gasteiger partial charge in [0.25, 0.3) is 0 Å². The summed E-state index contributed by atoms with van der Waals surface area (Å²) < 4.78 is 0. The van der Waals surface area contributed by atoms with E-state index >= 15 is 0 Å². The van der Waals surface area contributed by atoms with Crippen LogP contribution in [0.2, 0.25) is 0 Å². The third-order valence-corrected chi connectivity index (χ3v) is 3.68. The highest BCUT2D eigenvalue weighted by molar-refractivity contribution is 5.85. The van der Waals surface area contributed by atoms with Crippen molar-refractivity contribution in [2.45, 2.75) is 45.7 Å². The van der Waals surface area contributed by atoms with E-state index in [4.69, 9.17) is 4.98 Å². The lowest BCUT2D eigenvalue weighted by Gasteiger charge is -2.11. The molecule has 1 aromatic carbocycles. The highest BCUT2D eigenvalue weighted by Gasteiger charge is 2.20. The second-order valence-corrected chi connectivity index (χ2v) is 5.24. The average molecular weight is 240 g/mol. The van der Waals surface area contributed by atoms with Gasteiger partial charge in [0.1, 0.15) is 0 Å². The highest BCUT2D eigenvalue weighted by atomic mass is 14.9. The molecular formula is C16H20N2. The third kappa shape index (κ3) is 2.25. The first-order chi connectivity index (χ1) is 8.78. The lowest BCUT2D eigenvalue weighted by atomic mass is 10.0. The second-order valence-electron chi connectivity index (χ2n) is 5.24. The highest BCUT2D eigenvalue weighted by Crippen LogP contribution is 2.24. The molecule has 1 fully saturated rings. The van der Waals surface area contributed by atoms with E-state index in [1.54, 1.807) is 0 Å². The Morgan fingerprint density at radius 3 is 2.83 bits per heavy atom. The molecule has 1 saturated carbocycles. The molecule has 0 saturated heterocycles. The van der Waals surface area contributed by atoms with Crippen LogP contribution in [0.4, 0.5) is 0 Å². The molecule has 1 aromatic heterocycles. The fourth-order valence-corrected chi connectivity index (χ4v) is 2.49. The number of benzene rings is 1. The fourth-order valence-electron chi connectivity index (χ4n) is 2.49. The van der Waals surface area contributed by atoms with E-state index in [-0.39, 0.29) is 0 Å². The van der Waals surface area contributed by atoms with Gasteiger partial charge in [-0.2, -0.15) is 0 Å². The number of hydrogen-bond donors (Lipinski definition) is 1. The van der Waals surface area contributed by atoms with Crippen LogP contribution in [0.3, 0.4) is 0 Å². The van der Waals surface area contributed by atoms with E-state index < -0.39 is 0 Å². The summed E-state index contributed by atoms with van der Waals surface area (Å²) in [7, 11) is 0. The Kier molecular flexibility index (Phi) is 3.04. The number of hydrogen-bond acceptors (Lipinski definition) is 2. The zero-order valence-electron chi connectivity index (χ0n) is 11.2. The summed E-state index contributed by atoms with van der Waals surface area (Å²) in [5.41, 5.74) is 5.05.